The summed E-state index contributed by atoms with van der Waals surface area (Å²) in [5.74, 6) is 0.613. The molecule has 1 N–H and O–H groups in total. The first kappa shape index (κ1) is 19.5. The number of anilines is 1. The first-order chi connectivity index (χ1) is 12.5. The molecule has 5 heteroatoms. The van der Waals surface area contributed by atoms with Gasteiger partial charge in [-0.2, -0.15) is 0 Å². The van der Waals surface area contributed by atoms with Crippen LogP contribution in [0.25, 0.3) is 0 Å². The molecule has 0 fully saturated rings. The van der Waals surface area contributed by atoms with Crippen LogP contribution in [0.3, 0.4) is 0 Å². The van der Waals surface area contributed by atoms with Crippen molar-refractivity contribution in [1.82, 2.24) is 5.32 Å². The lowest BCUT2D eigenvalue weighted by molar-refractivity contribution is -0.122. The van der Waals surface area contributed by atoms with Gasteiger partial charge in [-0.3, -0.25) is 9.59 Å². The molecular formula is C21H26N2O3. The van der Waals surface area contributed by atoms with Crippen LogP contribution >= 0.6 is 0 Å². The Bertz CT molecular complexity index is 744. The second-order valence-corrected chi connectivity index (χ2v) is 6.22. The lowest BCUT2D eigenvalue weighted by Gasteiger charge is -2.23. The van der Waals surface area contributed by atoms with Crippen LogP contribution in [0.4, 0.5) is 5.69 Å². The van der Waals surface area contributed by atoms with Gasteiger partial charge in [-0.1, -0.05) is 35.9 Å². The Kier molecular flexibility index (Phi) is 7.21. The molecule has 2 aromatic carbocycles. The zero-order chi connectivity index (χ0) is 18.9. The molecule has 2 aromatic rings. The Hall–Kier alpha value is -2.82. The molecule has 0 radical (unpaired) electrons. The van der Waals surface area contributed by atoms with E-state index in [-0.39, 0.29) is 18.2 Å². The number of nitrogens with zero attached hydrogens (tertiary/aromatic N) is 1. The van der Waals surface area contributed by atoms with E-state index < -0.39 is 0 Å². The fraction of sp³-hybridized carbons (Fsp3) is 0.333. The maximum Gasteiger partial charge on any atom is 0.223 e. The molecule has 2 rings (SSSR count). The standard InChI is InChI=1S/C21H26N2O3/c1-16-9-10-20(17(2)15-16)23(18(3)24)13-12-22-21(25)11-14-26-19-7-5-4-6-8-19/h4-10,15H,11-14H2,1-3H3,(H,22,25). The van der Waals surface area contributed by atoms with Gasteiger partial charge in [0.2, 0.25) is 11.8 Å². The van der Waals surface area contributed by atoms with Crippen molar-refractivity contribution in [3.8, 4) is 5.75 Å². The van der Waals surface area contributed by atoms with Crippen molar-refractivity contribution in [3.63, 3.8) is 0 Å². The monoisotopic (exact) mass is 354 g/mol. The predicted molar refractivity (Wildman–Crippen MR) is 104 cm³/mol. The maximum absolute atomic E-state index is 12.0. The molecule has 0 aliphatic rings. The van der Waals surface area contributed by atoms with E-state index in [4.69, 9.17) is 4.74 Å². The average Bonchev–Trinajstić information content (AvgIpc) is 2.60. The van der Waals surface area contributed by atoms with E-state index in [9.17, 15) is 9.59 Å². The van der Waals surface area contributed by atoms with Crippen LogP contribution in [0.5, 0.6) is 5.75 Å². The Labute approximate surface area is 155 Å². The van der Waals surface area contributed by atoms with Crippen molar-refractivity contribution in [3.05, 3.63) is 59.7 Å². The number of hydrogen-bond acceptors (Lipinski definition) is 3. The molecule has 26 heavy (non-hydrogen) atoms. The summed E-state index contributed by atoms with van der Waals surface area (Å²) < 4.78 is 5.51. The normalized spacial score (nSPS) is 10.3. The van der Waals surface area contributed by atoms with Gasteiger partial charge >= 0.3 is 0 Å². The van der Waals surface area contributed by atoms with E-state index in [0.29, 0.717) is 19.7 Å². The number of carbonyl (C=O) groups is 2. The van der Waals surface area contributed by atoms with Crippen molar-refractivity contribution < 1.29 is 14.3 Å². The highest BCUT2D eigenvalue weighted by Crippen LogP contribution is 2.21. The van der Waals surface area contributed by atoms with Crippen LogP contribution in [0.2, 0.25) is 0 Å². The Morgan fingerprint density at radius 1 is 1.08 bits per heavy atom. The van der Waals surface area contributed by atoms with Crippen molar-refractivity contribution in [2.45, 2.75) is 27.2 Å². The number of hydrogen-bond donors (Lipinski definition) is 1. The van der Waals surface area contributed by atoms with Crippen LogP contribution in [-0.4, -0.2) is 31.5 Å². The second-order valence-electron chi connectivity index (χ2n) is 6.22. The van der Waals surface area contributed by atoms with Crippen molar-refractivity contribution in [2.24, 2.45) is 0 Å². The Morgan fingerprint density at radius 3 is 2.46 bits per heavy atom. The first-order valence-corrected chi connectivity index (χ1v) is 8.77. The smallest absolute Gasteiger partial charge is 0.223 e. The van der Waals surface area contributed by atoms with Gasteiger partial charge in [0.25, 0.3) is 0 Å². The van der Waals surface area contributed by atoms with Gasteiger partial charge in [0.05, 0.1) is 13.0 Å². The Balaban J connectivity index is 1.78. The number of amides is 2. The van der Waals surface area contributed by atoms with E-state index in [1.165, 1.54) is 6.92 Å². The van der Waals surface area contributed by atoms with Crippen LogP contribution in [0.15, 0.2) is 48.5 Å². The molecular weight excluding hydrogens is 328 g/mol. The zero-order valence-corrected chi connectivity index (χ0v) is 15.6. The summed E-state index contributed by atoms with van der Waals surface area (Å²) >= 11 is 0. The molecule has 0 aliphatic heterocycles. The van der Waals surface area contributed by atoms with Crippen LogP contribution in [0, 0.1) is 13.8 Å². The maximum atomic E-state index is 12.0. The third-order valence-electron chi connectivity index (χ3n) is 4.02. The first-order valence-electron chi connectivity index (χ1n) is 8.77. The minimum Gasteiger partial charge on any atom is -0.493 e. The van der Waals surface area contributed by atoms with Gasteiger partial charge in [0.15, 0.2) is 0 Å². The van der Waals surface area contributed by atoms with E-state index in [1.807, 2.05) is 62.4 Å². The van der Waals surface area contributed by atoms with Crippen LogP contribution in [0.1, 0.15) is 24.5 Å². The van der Waals surface area contributed by atoms with Crippen molar-refractivity contribution >= 4 is 17.5 Å². The minimum absolute atomic E-state index is 0.0430. The van der Waals surface area contributed by atoms with E-state index >= 15 is 0 Å². The van der Waals surface area contributed by atoms with Crippen LogP contribution < -0.4 is 15.0 Å². The van der Waals surface area contributed by atoms with Gasteiger partial charge < -0.3 is 15.0 Å². The molecule has 0 saturated heterocycles. The number of para-hydroxylation sites is 1. The molecule has 0 bridgehead atoms. The molecule has 0 atom stereocenters. The van der Waals surface area contributed by atoms with Crippen LogP contribution in [-0.2, 0) is 9.59 Å². The zero-order valence-electron chi connectivity index (χ0n) is 15.6. The minimum atomic E-state index is -0.0925. The number of aryl methyl sites for hydroxylation is 2. The predicted octanol–water partition coefficient (Wildman–Crippen LogP) is 3.24. The topological polar surface area (TPSA) is 58.6 Å². The molecule has 0 saturated carbocycles. The van der Waals surface area contributed by atoms with Gasteiger partial charge in [-0.25, -0.2) is 0 Å². The van der Waals surface area contributed by atoms with Crippen molar-refractivity contribution in [2.75, 3.05) is 24.6 Å². The molecule has 138 valence electrons. The average molecular weight is 354 g/mol. The summed E-state index contributed by atoms with van der Waals surface area (Å²) in [5.41, 5.74) is 3.08. The molecule has 0 heterocycles. The highest BCUT2D eigenvalue weighted by Gasteiger charge is 2.14. The number of ether oxygens (including phenoxy) is 1. The third-order valence-corrected chi connectivity index (χ3v) is 4.02. The van der Waals surface area contributed by atoms with Crippen molar-refractivity contribution in [1.29, 1.82) is 0 Å². The number of benzene rings is 2. The summed E-state index contributed by atoms with van der Waals surface area (Å²) in [4.78, 5) is 25.6. The third kappa shape index (κ3) is 5.92. The number of rotatable bonds is 8. The molecule has 5 nitrogen and oxygen atoms in total. The summed E-state index contributed by atoms with van der Waals surface area (Å²) in [5, 5.41) is 2.84. The second kappa shape index (κ2) is 9.61. The van der Waals surface area contributed by atoms with E-state index in [1.54, 1.807) is 4.90 Å². The highest BCUT2D eigenvalue weighted by atomic mass is 16.5. The molecule has 0 spiro atoms. The molecule has 2 amide bonds. The highest BCUT2D eigenvalue weighted by molar-refractivity contribution is 5.92. The molecule has 0 aromatic heterocycles. The fourth-order valence-electron chi connectivity index (χ4n) is 2.73. The van der Waals surface area contributed by atoms with E-state index in [2.05, 4.69) is 5.32 Å². The van der Waals surface area contributed by atoms with Gasteiger partial charge in [0.1, 0.15) is 5.75 Å². The number of carbonyl (C=O) groups excluding carboxylic acids is 2. The van der Waals surface area contributed by atoms with Gasteiger partial charge in [-0.15, -0.1) is 0 Å². The summed E-state index contributed by atoms with van der Waals surface area (Å²) in [6, 6.07) is 15.4. The summed E-state index contributed by atoms with van der Waals surface area (Å²) in [7, 11) is 0. The molecule has 0 aliphatic carbocycles. The largest absolute Gasteiger partial charge is 0.493 e. The summed E-state index contributed by atoms with van der Waals surface area (Å²) in [6.45, 7) is 6.70. The Morgan fingerprint density at radius 2 is 1.81 bits per heavy atom. The summed E-state index contributed by atoms with van der Waals surface area (Å²) in [6.07, 6.45) is 0.276. The van der Waals surface area contributed by atoms with Gasteiger partial charge in [0, 0.05) is 25.7 Å². The molecule has 0 unspecified atom stereocenters. The lowest BCUT2D eigenvalue weighted by Crippen LogP contribution is -2.38. The SMILES string of the molecule is CC(=O)N(CCNC(=O)CCOc1ccccc1)c1ccc(C)cc1C. The lowest BCUT2D eigenvalue weighted by atomic mass is 10.1. The van der Waals surface area contributed by atoms with Gasteiger partial charge in [-0.05, 0) is 37.6 Å². The fourth-order valence-corrected chi connectivity index (χ4v) is 2.73. The number of nitrogens with one attached hydrogen (secondary N) is 1. The quantitative estimate of drug-likeness (QED) is 0.792. The van der Waals surface area contributed by atoms with E-state index in [0.717, 1.165) is 22.6 Å².